The minimum Gasteiger partial charge on any atom is -0.510 e. The lowest BCUT2D eigenvalue weighted by Crippen LogP contribution is -2.69. The van der Waals surface area contributed by atoms with Gasteiger partial charge >= 0.3 is 11.9 Å². The quantitative estimate of drug-likeness (QED) is 0.0994. The highest BCUT2D eigenvalue weighted by Gasteiger charge is 2.69. The van der Waals surface area contributed by atoms with Crippen LogP contribution in [0.3, 0.4) is 0 Å². The monoisotopic (exact) mass is 604 g/mol. The number of aliphatic hydroxyl groups excluding tert-OH is 2. The molecule has 0 bridgehead atoms. The standard InChI is InChI=1S/C28H32N2O11S/c1-4-8-42-10-12-11-6-5-7-13(31)16(11)22(35)18-17(12)24(41-15(34)9-14(32)33)20-21(30(2)3)23(36)19(27(29)39)26(38)28(20,40)25(18)37/h5-7,12,17,20-21,24,31,36-37,40H,4,8-10H2,1-3H3,(H2,29,39)(H,32,33)/t12-,17+,20-,21-,24-,28+/m1/s1. The minimum atomic E-state index is -3.11. The van der Waals surface area contributed by atoms with Gasteiger partial charge in [0.2, 0.25) is 5.78 Å². The summed E-state index contributed by atoms with van der Waals surface area (Å²) in [6.07, 6.45) is -1.99. The lowest BCUT2D eigenvalue weighted by Gasteiger charge is -2.54. The lowest BCUT2D eigenvalue weighted by molar-refractivity contribution is -0.182. The largest absolute Gasteiger partial charge is 0.510 e. The van der Waals surface area contributed by atoms with Crippen LogP contribution in [0.15, 0.2) is 40.9 Å². The summed E-state index contributed by atoms with van der Waals surface area (Å²) < 4.78 is 5.68. The predicted octanol–water partition coefficient (Wildman–Crippen LogP) is 0.801. The number of benzene rings is 1. The van der Waals surface area contributed by atoms with Crippen LogP contribution < -0.4 is 5.73 Å². The molecule has 0 aromatic heterocycles. The number of nitrogens with two attached hydrogens (primary N) is 1. The molecule has 1 aromatic rings. The average Bonchev–Trinajstić information content (AvgIpc) is 2.88. The van der Waals surface area contributed by atoms with E-state index in [-0.39, 0.29) is 11.3 Å². The van der Waals surface area contributed by atoms with Crippen molar-refractivity contribution < 1.29 is 54.2 Å². The number of ether oxygens (including phenoxy) is 1. The van der Waals surface area contributed by atoms with Crippen LogP contribution in [0, 0.1) is 11.8 Å². The van der Waals surface area contributed by atoms with E-state index in [0.717, 1.165) is 6.42 Å². The Balaban J connectivity index is 2.09. The first-order valence-corrected chi connectivity index (χ1v) is 14.3. The molecule has 0 aliphatic heterocycles. The van der Waals surface area contributed by atoms with Crippen molar-refractivity contribution in [2.45, 2.75) is 43.4 Å². The van der Waals surface area contributed by atoms with Gasteiger partial charge in [0.25, 0.3) is 5.91 Å². The molecule has 0 fully saturated rings. The number of phenols is 1. The van der Waals surface area contributed by atoms with Crippen LogP contribution in [-0.2, 0) is 23.9 Å². The number of Topliss-reactive ketones (excluding diaryl/α,β-unsaturated/α-hetero) is 2. The van der Waals surface area contributed by atoms with Crippen LogP contribution >= 0.6 is 11.8 Å². The molecular formula is C28H32N2O11S. The molecule has 0 unspecified atom stereocenters. The first-order valence-electron chi connectivity index (χ1n) is 13.2. The summed E-state index contributed by atoms with van der Waals surface area (Å²) in [5, 5.41) is 54.8. The number of hydrogen-bond donors (Lipinski definition) is 6. The number of likely N-dealkylation sites (N-methyl/N-ethyl adjacent to an activating group) is 1. The highest BCUT2D eigenvalue weighted by atomic mass is 32.2. The molecule has 3 aliphatic rings. The zero-order chi connectivity index (χ0) is 31.3. The van der Waals surface area contributed by atoms with Crippen molar-refractivity contribution in [3.8, 4) is 5.75 Å². The first-order chi connectivity index (χ1) is 19.7. The fourth-order valence-corrected chi connectivity index (χ4v) is 7.48. The SMILES string of the molecule is CCCSC[C@@H]1c2cccc(O)c2C(=O)C2=C(O)[C@]3(O)C(=O)C(C(N)=O)=C(O)[C@H](N(C)C)[C@@H]3[C@H](OC(=O)CC(=O)O)[C@H]21. The molecule has 6 atom stereocenters. The Hall–Kier alpha value is -3.88. The van der Waals surface area contributed by atoms with E-state index in [1.165, 1.54) is 42.9 Å². The van der Waals surface area contributed by atoms with Crippen molar-refractivity contribution in [1.82, 2.24) is 4.90 Å². The Labute approximate surface area is 244 Å². The summed E-state index contributed by atoms with van der Waals surface area (Å²) in [7, 11) is 2.85. The van der Waals surface area contributed by atoms with Crippen LogP contribution in [0.1, 0.15) is 41.6 Å². The number of aliphatic hydroxyl groups is 3. The smallest absolute Gasteiger partial charge is 0.317 e. The summed E-state index contributed by atoms with van der Waals surface area (Å²) in [5.41, 5.74) is 0.895. The third-order valence-corrected chi connectivity index (χ3v) is 9.27. The number of nitrogens with zero attached hydrogens (tertiary/aromatic N) is 1. The van der Waals surface area contributed by atoms with Crippen molar-refractivity contribution in [1.29, 1.82) is 0 Å². The van der Waals surface area contributed by atoms with Gasteiger partial charge in [-0.2, -0.15) is 11.8 Å². The summed E-state index contributed by atoms with van der Waals surface area (Å²) in [6.45, 7) is 1.95. The van der Waals surface area contributed by atoms with E-state index >= 15 is 0 Å². The number of aromatic hydroxyl groups is 1. The van der Waals surface area contributed by atoms with Crippen molar-refractivity contribution in [2.24, 2.45) is 17.6 Å². The molecule has 0 spiro atoms. The minimum absolute atomic E-state index is 0.184. The molecule has 42 heavy (non-hydrogen) atoms. The summed E-state index contributed by atoms with van der Waals surface area (Å²) in [4.78, 5) is 65.6. The zero-order valence-electron chi connectivity index (χ0n) is 23.1. The maximum absolute atomic E-state index is 14.0. The number of carboxylic acids is 1. The second-order valence-electron chi connectivity index (χ2n) is 10.7. The van der Waals surface area contributed by atoms with Crippen LogP contribution in [0.5, 0.6) is 5.75 Å². The number of ketones is 2. The molecule has 0 saturated heterocycles. The number of primary amides is 1. The number of carbonyl (C=O) groups is 5. The number of thioether (sulfide) groups is 1. The number of carboxylic acid groups (broad SMARTS) is 1. The Morgan fingerprint density at radius 1 is 1.14 bits per heavy atom. The topological polar surface area (TPSA) is 225 Å². The van der Waals surface area contributed by atoms with Gasteiger partial charge in [0.05, 0.1) is 17.5 Å². The zero-order valence-corrected chi connectivity index (χ0v) is 23.9. The number of aliphatic carboxylic acids is 1. The highest BCUT2D eigenvalue weighted by molar-refractivity contribution is 7.99. The second kappa shape index (κ2) is 11.4. The Kier molecular flexibility index (Phi) is 8.45. The molecular weight excluding hydrogens is 572 g/mol. The molecule has 0 radical (unpaired) electrons. The van der Waals surface area contributed by atoms with Gasteiger partial charge in [0, 0.05) is 23.2 Å². The van der Waals surface area contributed by atoms with Gasteiger partial charge in [0.15, 0.2) is 11.4 Å². The number of rotatable bonds is 9. The van der Waals surface area contributed by atoms with E-state index in [1.807, 2.05) is 6.92 Å². The molecule has 1 aromatic carbocycles. The molecule has 0 heterocycles. The average molecular weight is 605 g/mol. The van der Waals surface area contributed by atoms with E-state index in [1.54, 1.807) is 6.07 Å². The number of carbonyl (C=O) groups excluding carboxylic acids is 4. The third kappa shape index (κ3) is 4.72. The van der Waals surface area contributed by atoms with Gasteiger partial charge in [-0.3, -0.25) is 28.9 Å². The van der Waals surface area contributed by atoms with E-state index in [0.29, 0.717) is 11.3 Å². The van der Waals surface area contributed by atoms with E-state index < -0.39 is 99.7 Å². The summed E-state index contributed by atoms with van der Waals surface area (Å²) >= 11 is 1.47. The molecule has 3 aliphatic carbocycles. The van der Waals surface area contributed by atoms with Gasteiger partial charge in [-0.1, -0.05) is 19.1 Å². The lowest BCUT2D eigenvalue weighted by atomic mass is 9.55. The second-order valence-corrected chi connectivity index (χ2v) is 11.9. The van der Waals surface area contributed by atoms with E-state index in [2.05, 4.69) is 0 Å². The molecule has 4 rings (SSSR count). The van der Waals surface area contributed by atoms with Crippen molar-refractivity contribution >= 4 is 41.2 Å². The Morgan fingerprint density at radius 2 is 1.81 bits per heavy atom. The number of esters is 1. The van der Waals surface area contributed by atoms with Crippen molar-refractivity contribution in [3.63, 3.8) is 0 Å². The van der Waals surface area contributed by atoms with Crippen LogP contribution in [0.25, 0.3) is 0 Å². The first kappa shape index (κ1) is 31.1. The van der Waals surface area contributed by atoms with Gasteiger partial charge < -0.3 is 36.0 Å². The number of amides is 1. The number of phenolic OH excluding ortho intramolecular Hbond substituents is 1. The normalized spacial score (nSPS) is 28.7. The maximum atomic E-state index is 14.0. The van der Waals surface area contributed by atoms with Crippen LogP contribution in [-0.4, -0.2) is 103 Å². The summed E-state index contributed by atoms with van der Waals surface area (Å²) in [6, 6.07) is 2.90. The van der Waals surface area contributed by atoms with Gasteiger partial charge in [-0.05, 0) is 37.9 Å². The molecule has 0 saturated carbocycles. The molecule has 14 heteroatoms. The van der Waals surface area contributed by atoms with Gasteiger partial charge in [-0.15, -0.1) is 0 Å². The molecule has 7 N–H and O–H groups in total. The van der Waals surface area contributed by atoms with Crippen molar-refractivity contribution in [3.05, 3.63) is 52.0 Å². The maximum Gasteiger partial charge on any atom is 0.317 e. The van der Waals surface area contributed by atoms with Gasteiger partial charge in [-0.25, -0.2) is 0 Å². The molecule has 226 valence electrons. The van der Waals surface area contributed by atoms with Gasteiger partial charge in [0.1, 0.15) is 35.4 Å². The molecule has 13 nitrogen and oxygen atoms in total. The van der Waals surface area contributed by atoms with E-state index in [4.69, 9.17) is 10.5 Å². The number of hydrogen-bond acceptors (Lipinski definition) is 12. The molecule has 1 amide bonds. The fraction of sp³-hybridized carbons (Fsp3) is 0.464. The predicted molar refractivity (Wildman–Crippen MR) is 148 cm³/mol. The van der Waals surface area contributed by atoms with E-state index in [9.17, 15) is 49.5 Å². The van der Waals surface area contributed by atoms with Crippen LogP contribution in [0.4, 0.5) is 0 Å². The highest BCUT2D eigenvalue weighted by Crippen LogP contribution is 2.57. The summed E-state index contributed by atoms with van der Waals surface area (Å²) in [5.74, 6) is -11.9. The fourth-order valence-electron chi connectivity index (χ4n) is 6.38. The number of fused-ring (bicyclic) bond motifs is 3. The van der Waals surface area contributed by atoms with Crippen LogP contribution in [0.2, 0.25) is 0 Å². The Bertz CT molecular complexity index is 1430. The Morgan fingerprint density at radius 3 is 2.38 bits per heavy atom. The third-order valence-electron chi connectivity index (χ3n) is 7.98. The van der Waals surface area contributed by atoms with Crippen molar-refractivity contribution in [2.75, 3.05) is 25.6 Å².